The van der Waals surface area contributed by atoms with Crippen molar-refractivity contribution in [3.05, 3.63) is 95.0 Å². The van der Waals surface area contributed by atoms with Crippen molar-refractivity contribution in [3.8, 4) is 5.75 Å². The van der Waals surface area contributed by atoms with E-state index in [0.29, 0.717) is 22.0 Å². The first-order chi connectivity index (χ1) is 14.4. The second-order valence-electron chi connectivity index (χ2n) is 6.37. The van der Waals surface area contributed by atoms with Crippen LogP contribution in [0.2, 0.25) is 5.02 Å². The van der Waals surface area contributed by atoms with E-state index >= 15 is 0 Å². The maximum atomic E-state index is 12.1. The number of nitrogens with zero attached hydrogens (tertiary/aromatic N) is 1. The Morgan fingerprint density at radius 3 is 2.53 bits per heavy atom. The molecule has 0 aliphatic carbocycles. The minimum atomic E-state index is -3.69. The summed E-state index contributed by atoms with van der Waals surface area (Å²) < 4.78 is 33.3. The van der Waals surface area contributed by atoms with E-state index in [4.69, 9.17) is 16.3 Å². The maximum Gasteiger partial charge on any atom is 0.336 e. The molecule has 0 bridgehead atoms. The summed E-state index contributed by atoms with van der Waals surface area (Å²) >= 11 is 5.91. The SMILES string of the molecule is O=C(/C=C/c1cccc(Cl)c1)Oc1ccc(NC2=NS(=O)(=O)c3ccccc32)cc1. The monoisotopic (exact) mass is 438 g/mol. The lowest BCUT2D eigenvalue weighted by Gasteiger charge is -2.07. The number of hydrogen-bond donors (Lipinski definition) is 1. The van der Waals surface area contributed by atoms with Gasteiger partial charge in [-0.2, -0.15) is 8.42 Å². The highest BCUT2D eigenvalue weighted by Gasteiger charge is 2.28. The summed E-state index contributed by atoms with van der Waals surface area (Å²) in [4.78, 5) is 12.2. The third-order valence-electron chi connectivity index (χ3n) is 4.23. The molecule has 0 amide bonds. The average Bonchev–Trinajstić information content (AvgIpc) is 2.98. The Morgan fingerprint density at radius 2 is 1.77 bits per heavy atom. The fourth-order valence-corrected chi connectivity index (χ4v) is 4.24. The third kappa shape index (κ3) is 4.42. The van der Waals surface area contributed by atoms with Crippen molar-refractivity contribution in [1.82, 2.24) is 0 Å². The Hall–Kier alpha value is -3.42. The third-order valence-corrected chi connectivity index (χ3v) is 5.80. The highest BCUT2D eigenvalue weighted by Crippen LogP contribution is 2.27. The van der Waals surface area contributed by atoms with Crippen molar-refractivity contribution in [1.29, 1.82) is 0 Å². The summed E-state index contributed by atoms with van der Waals surface area (Å²) in [6.45, 7) is 0. The molecular weight excluding hydrogens is 424 g/mol. The summed E-state index contributed by atoms with van der Waals surface area (Å²) in [5, 5.41) is 3.57. The van der Waals surface area contributed by atoms with Crippen molar-refractivity contribution in [3.63, 3.8) is 0 Å². The smallest absolute Gasteiger partial charge is 0.336 e. The zero-order valence-corrected chi connectivity index (χ0v) is 17.0. The molecule has 1 N–H and O–H groups in total. The van der Waals surface area contributed by atoms with Crippen molar-refractivity contribution in [2.24, 2.45) is 4.40 Å². The zero-order chi connectivity index (χ0) is 21.1. The quantitative estimate of drug-likeness (QED) is 0.368. The Bertz CT molecular complexity index is 1280. The number of fused-ring (bicyclic) bond motifs is 1. The number of carbonyl (C=O) groups is 1. The first kappa shape index (κ1) is 19.9. The molecule has 3 aromatic rings. The number of hydrogen-bond acceptors (Lipinski definition) is 5. The minimum Gasteiger partial charge on any atom is -0.423 e. The van der Waals surface area contributed by atoms with Gasteiger partial charge < -0.3 is 10.1 Å². The van der Waals surface area contributed by atoms with Gasteiger partial charge in [0.15, 0.2) is 5.84 Å². The second-order valence-corrected chi connectivity index (χ2v) is 8.38. The first-order valence-corrected chi connectivity index (χ1v) is 10.7. The van der Waals surface area contributed by atoms with Gasteiger partial charge >= 0.3 is 5.97 Å². The lowest BCUT2D eigenvalue weighted by molar-refractivity contribution is -0.128. The van der Waals surface area contributed by atoms with Gasteiger partial charge in [-0.3, -0.25) is 0 Å². The molecule has 1 heterocycles. The Kier molecular flexibility index (Phi) is 5.39. The second kappa shape index (κ2) is 8.14. The van der Waals surface area contributed by atoms with Crippen LogP contribution in [-0.2, 0) is 14.8 Å². The number of sulfonamides is 1. The average molecular weight is 439 g/mol. The van der Waals surface area contributed by atoms with Gasteiger partial charge in [0.25, 0.3) is 10.0 Å². The molecule has 6 nitrogen and oxygen atoms in total. The van der Waals surface area contributed by atoms with Crippen molar-refractivity contribution < 1.29 is 17.9 Å². The molecule has 0 saturated heterocycles. The number of amidine groups is 1. The molecule has 0 saturated carbocycles. The molecule has 0 atom stereocenters. The van der Waals surface area contributed by atoms with Gasteiger partial charge in [-0.15, -0.1) is 4.40 Å². The van der Waals surface area contributed by atoms with E-state index in [2.05, 4.69) is 9.71 Å². The van der Waals surface area contributed by atoms with Crippen LogP contribution >= 0.6 is 11.6 Å². The molecule has 1 aliphatic heterocycles. The van der Waals surface area contributed by atoms with Crippen LogP contribution in [0, 0.1) is 0 Å². The normalized spacial score (nSPS) is 14.2. The number of ether oxygens (including phenoxy) is 1. The lowest BCUT2D eigenvalue weighted by Crippen LogP contribution is -2.11. The van der Waals surface area contributed by atoms with Crippen molar-refractivity contribution >= 4 is 45.2 Å². The number of halogens is 1. The molecule has 8 heteroatoms. The van der Waals surface area contributed by atoms with Crippen LogP contribution in [0.3, 0.4) is 0 Å². The number of esters is 1. The standard InChI is InChI=1S/C22H15ClN2O4S/c23-16-5-3-4-15(14-16)8-13-21(26)29-18-11-9-17(10-12-18)24-22-19-6-1-2-7-20(19)30(27,28)25-22/h1-14H,(H,24,25)/b13-8+. The van der Waals surface area contributed by atoms with E-state index in [1.54, 1.807) is 66.7 Å². The highest BCUT2D eigenvalue weighted by molar-refractivity contribution is 7.90. The van der Waals surface area contributed by atoms with E-state index in [-0.39, 0.29) is 10.7 Å². The van der Waals surface area contributed by atoms with E-state index in [1.807, 2.05) is 6.07 Å². The number of anilines is 1. The predicted molar refractivity (Wildman–Crippen MR) is 116 cm³/mol. The summed E-state index contributed by atoms with van der Waals surface area (Å²) in [6, 6.07) is 20.2. The molecule has 0 unspecified atom stereocenters. The van der Waals surface area contributed by atoms with E-state index in [0.717, 1.165) is 5.56 Å². The van der Waals surface area contributed by atoms with Crippen LogP contribution in [0.4, 0.5) is 5.69 Å². The molecule has 0 radical (unpaired) electrons. The Labute approximate surface area is 178 Å². The number of benzene rings is 3. The van der Waals surface area contributed by atoms with Gasteiger partial charge in [0.05, 0.1) is 0 Å². The first-order valence-electron chi connectivity index (χ1n) is 8.88. The Balaban J connectivity index is 1.42. The van der Waals surface area contributed by atoms with Gasteiger partial charge in [-0.05, 0) is 60.2 Å². The molecule has 4 rings (SSSR count). The van der Waals surface area contributed by atoms with E-state index < -0.39 is 16.0 Å². The van der Waals surface area contributed by atoms with Crippen LogP contribution in [0.1, 0.15) is 11.1 Å². The topological polar surface area (TPSA) is 84.8 Å². The van der Waals surface area contributed by atoms with Crippen molar-refractivity contribution in [2.75, 3.05) is 5.32 Å². The molecule has 0 fully saturated rings. The largest absolute Gasteiger partial charge is 0.423 e. The molecule has 0 spiro atoms. The van der Waals surface area contributed by atoms with Crippen LogP contribution < -0.4 is 10.1 Å². The predicted octanol–water partition coefficient (Wildman–Crippen LogP) is 4.52. The maximum absolute atomic E-state index is 12.1. The van der Waals surface area contributed by atoms with Gasteiger partial charge in [-0.25, -0.2) is 4.79 Å². The number of nitrogens with one attached hydrogen (secondary N) is 1. The van der Waals surface area contributed by atoms with Gasteiger partial charge in [0, 0.05) is 22.3 Å². The fourth-order valence-electron chi connectivity index (χ4n) is 2.86. The summed E-state index contributed by atoms with van der Waals surface area (Å²) in [5.74, 6) is 0.0679. The minimum absolute atomic E-state index is 0.171. The molecule has 0 aromatic heterocycles. The Morgan fingerprint density at radius 1 is 1.00 bits per heavy atom. The molecule has 30 heavy (non-hydrogen) atoms. The van der Waals surface area contributed by atoms with E-state index in [1.165, 1.54) is 12.1 Å². The lowest BCUT2D eigenvalue weighted by atomic mass is 10.2. The van der Waals surface area contributed by atoms with Crippen LogP contribution in [0.5, 0.6) is 5.75 Å². The van der Waals surface area contributed by atoms with Crippen LogP contribution in [0.15, 0.2) is 88.2 Å². The zero-order valence-electron chi connectivity index (χ0n) is 15.4. The summed E-state index contributed by atoms with van der Waals surface area (Å²) in [6.07, 6.45) is 2.92. The van der Waals surface area contributed by atoms with Gasteiger partial charge in [0.1, 0.15) is 10.6 Å². The van der Waals surface area contributed by atoms with E-state index in [9.17, 15) is 13.2 Å². The summed E-state index contributed by atoms with van der Waals surface area (Å²) in [7, 11) is -3.69. The van der Waals surface area contributed by atoms with Crippen molar-refractivity contribution in [2.45, 2.75) is 4.90 Å². The number of carbonyl (C=O) groups excluding carboxylic acids is 1. The molecular formula is C22H15ClN2O4S. The van der Waals surface area contributed by atoms with Crippen LogP contribution in [-0.4, -0.2) is 20.2 Å². The fraction of sp³-hybridized carbons (Fsp3) is 0. The van der Waals surface area contributed by atoms with Gasteiger partial charge in [0.2, 0.25) is 0 Å². The van der Waals surface area contributed by atoms with Crippen LogP contribution in [0.25, 0.3) is 6.08 Å². The molecule has 3 aromatic carbocycles. The summed E-state index contributed by atoms with van der Waals surface area (Å²) in [5.41, 5.74) is 1.90. The molecule has 150 valence electrons. The van der Waals surface area contributed by atoms with Gasteiger partial charge in [-0.1, -0.05) is 35.9 Å². The number of rotatable bonds is 4. The molecule has 1 aliphatic rings. The highest BCUT2D eigenvalue weighted by atomic mass is 35.5.